The molecule has 2 aromatic rings. The first-order chi connectivity index (χ1) is 14.8. The van der Waals surface area contributed by atoms with Gasteiger partial charge in [-0.25, -0.2) is 14.8 Å². The van der Waals surface area contributed by atoms with Crippen molar-refractivity contribution in [3.63, 3.8) is 0 Å². The molecule has 8 nitrogen and oxygen atoms in total. The van der Waals surface area contributed by atoms with Crippen LogP contribution in [0.1, 0.15) is 38.8 Å². The van der Waals surface area contributed by atoms with Crippen LogP contribution in [-0.4, -0.2) is 42.8 Å². The predicted molar refractivity (Wildman–Crippen MR) is 139 cm³/mol. The summed E-state index contributed by atoms with van der Waals surface area (Å²) < 4.78 is 10.5. The number of aliphatic imine (C=N–C) groups is 1. The zero-order valence-electron chi connectivity index (χ0n) is 19.4. The Morgan fingerprint density at radius 1 is 1.12 bits per heavy atom. The van der Waals surface area contributed by atoms with Crippen molar-refractivity contribution in [2.24, 2.45) is 4.99 Å². The quantitative estimate of drug-likeness (QED) is 0.255. The fraction of sp³-hybridized carbons (Fsp3) is 0.435. The third-order valence-corrected chi connectivity index (χ3v) is 4.10. The third kappa shape index (κ3) is 10.2. The molecule has 1 amide bonds. The number of carbonyl (C=O) groups excluding carboxylic acids is 1. The lowest BCUT2D eigenvalue weighted by Crippen LogP contribution is -2.38. The molecule has 2 rings (SSSR count). The molecule has 9 heteroatoms. The van der Waals surface area contributed by atoms with Gasteiger partial charge in [-0.2, -0.15) is 0 Å². The second kappa shape index (κ2) is 13.8. The van der Waals surface area contributed by atoms with Crippen molar-refractivity contribution < 1.29 is 14.3 Å². The number of nitrogens with zero attached hydrogens (tertiary/aromatic N) is 2. The highest BCUT2D eigenvalue weighted by Gasteiger charge is 2.16. The lowest BCUT2D eigenvalue weighted by molar-refractivity contribution is 0.0636. The number of amides is 1. The molecule has 0 radical (unpaired) electrons. The zero-order chi connectivity index (χ0) is 22.7. The summed E-state index contributed by atoms with van der Waals surface area (Å²) >= 11 is 0. The first kappa shape index (κ1) is 27.5. The van der Waals surface area contributed by atoms with Gasteiger partial charge in [-0.05, 0) is 57.9 Å². The summed E-state index contributed by atoms with van der Waals surface area (Å²) in [6, 6.07) is 11.5. The van der Waals surface area contributed by atoms with Crippen LogP contribution < -0.4 is 20.7 Å². The van der Waals surface area contributed by atoms with E-state index < -0.39 is 11.7 Å². The summed E-state index contributed by atoms with van der Waals surface area (Å²) in [6.07, 6.45) is 2.05. The van der Waals surface area contributed by atoms with Crippen molar-refractivity contribution in [1.29, 1.82) is 0 Å². The minimum Gasteiger partial charge on any atom is -0.481 e. The van der Waals surface area contributed by atoms with Crippen LogP contribution in [0.25, 0.3) is 0 Å². The number of pyridine rings is 1. The maximum Gasteiger partial charge on any atom is 0.412 e. The molecule has 176 valence electrons. The zero-order valence-corrected chi connectivity index (χ0v) is 21.7. The topological polar surface area (TPSA) is 96.9 Å². The molecule has 1 aromatic heterocycles. The van der Waals surface area contributed by atoms with Gasteiger partial charge in [-0.3, -0.25) is 5.32 Å². The van der Waals surface area contributed by atoms with E-state index in [4.69, 9.17) is 9.47 Å². The van der Waals surface area contributed by atoms with Crippen molar-refractivity contribution in [2.75, 3.05) is 25.5 Å². The van der Waals surface area contributed by atoms with Crippen molar-refractivity contribution >= 4 is 41.7 Å². The maximum absolute atomic E-state index is 11.9. The number of guanidine groups is 1. The van der Waals surface area contributed by atoms with Gasteiger partial charge in [0.2, 0.25) is 5.88 Å². The van der Waals surface area contributed by atoms with Gasteiger partial charge in [0.25, 0.3) is 0 Å². The van der Waals surface area contributed by atoms with E-state index in [9.17, 15) is 4.79 Å². The Morgan fingerprint density at radius 3 is 2.47 bits per heavy atom. The van der Waals surface area contributed by atoms with E-state index in [0.29, 0.717) is 18.1 Å². The summed E-state index contributed by atoms with van der Waals surface area (Å²) in [4.78, 5) is 20.7. The predicted octanol–water partition coefficient (Wildman–Crippen LogP) is 4.35. The molecule has 0 unspecified atom stereocenters. The largest absolute Gasteiger partial charge is 0.481 e. The lowest BCUT2D eigenvalue weighted by Gasteiger charge is -2.19. The summed E-state index contributed by atoms with van der Waals surface area (Å²) in [5, 5.41) is 9.32. The number of anilines is 1. The lowest BCUT2D eigenvalue weighted by atomic mass is 10.1. The molecule has 0 atom stereocenters. The van der Waals surface area contributed by atoms with E-state index in [2.05, 4.69) is 25.9 Å². The van der Waals surface area contributed by atoms with Crippen molar-refractivity contribution in [1.82, 2.24) is 15.6 Å². The van der Waals surface area contributed by atoms with Gasteiger partial charge in [0, 0.05) is 30.5 Å². The SMILES string of the molecule is CCNC(=NCc1cccnc1OC)NCCc1ccc(NC(=O)OC(C)(C)C)cc1.I. The number of carbonyl (C=O) groups is 1. The molecular formula is C23H34IN5O3. The molecule has 3 N–H and O–H groups in total. The maximum atomic E-state index is 11.9. The Balaban J connectivity index is 0.00000512. The second-order valence-electron chi connectivity index (χ2n) is 7.87. The van der Waals surface area contributed by atoms with E-state index in [-0.39, 0.29) is 24.0 Å². The molecule has 0 spiro atoms. The standard InChI is InChI=1S/C23H33N5O3.HI/c1-6-24-21(27-16-18-8-7-14-25-20(18)30-5)26-15-13-17-9-11-19(12-10-17)28-22(29)31-23(2,3)4;/h7-12,14H,6,13,15-16H2,1-5H3,(H,28,29)(H2,24,26,27);1H. The first-order valence-corrected chi connectivity index (χ1v) is 10.4. The number of benzene rings is 1. The number of aromatic nitrogens is 1. The fourth-order valence-corrected chi connectivity index (χ4v) is 2.74. The van der Waals surface area contributed by atoms with Crippen LogP contribution in [0.5, 0.6) is 5.88 Å². The van der Waals surface area contributed by atoms with Crippen LogP contribution >= 0.6 is 24.0 Å². The van der Waals surface area contributed by atoms with Crippen LogP contribution in [0, 0.1) is 0 Å². The number of ether oxygens (including phenoxy) is 2. The third-order valence-electron chi connectivity index (χ3n) is 4.10. The fourth-order valence-electron chi connectivity index (χ4n) is 2.74. The van der Waals surface area contributed by atoms with Crippen LogP contribution in [0.4, 0.5) is 10.5 Å². The van der Waals surface area contributed by atoms with E-state index in [0.717, 1.165) is 36.6 Å². The minimum atomic E-state index is -0.524. The van der Waals surface area contributed by atoms with Crippen molar-refractivity contribution in [2.45, 2.75) is 46.3 Å². The molecule has 0 saturated carbocycles. The van der Waals surface area contributed by atoms with Gasteiger partial charge in [-0.1, -0.05) is 18.2 Å². The smallest absolute Gasteiger partial charge is 0.412 e. The Kier molecular flexibility index (Phi) is 11.8. The van der Waals surface area contributed by atoms with Gasteiger partial charge in [0.1, 0.15) is 5.60 Å². The molecule has 0 aliphatic rings. The van der Waals surface area contributed by atoms with Crippen LogP contribution in [0.3, 0.4) is 0 Å². The number of nitrogens with one attached hydrogen (secondary N) is 3. The summed E-state index contributed by atoms with van der Waals surface area (Å²) in [5.74, 6) is 1.32. The Hall–Kier alpha value is -2.56. The normalized spacial score (nSPS) is 11.2. The molecule has 0 bridgehead atoms. The highest BCUT2D eigenvalue weighted by molar-refractivity contribution is 14.0. The first-order valence-electron chi connectivity index (χ1n) is 10.4. The van der Waals surface area contributed by atoms with Crippen molar-refractivity contribution in [3.05, 3.63) is 53.7 Å². The second-order valence-corrected chi connectivity index (χ2v) is 7.87. The minimum absolute atomic E-state index is 0. The molecule has 1 heterocycles. The highest BCUT2D eigenvalue weighted by atomic mass is 127. The van der Waals surface area contributed by atoms with Crippen LogP contribution in [-0.2, 0) is 17.7 Å². The highest BCUT2D eigenvalue weighted by Crippen LogP contribution is 2.15. The van der Waals surface area contributed by atoms with Crippen LogP contribution in [0.2, 0.25) is 0 Å². The Bertz CT molecular complexity index is 867. The molecule has 0 fully saturated rings. The Morgan fingerprint density at radius 2 is 1.84 bits per heavy atom. The van der Waals surface area contributed by atoms with Gasteiger partial charge < -0.3 is 20.1 Å². The molecular weight excluding hydrogens is 521 g/mol. The number of halogens is 1. The van der Waals surface area contributed by atoms with E-state index in [1.807, 2.05) is 64.1 Å². The van der Waals surface area contributed by atoms with Gasteiger partial charge in [0.15, 0.2) is 5.96 Å². The molecule has 0 saturated heterocycles. The average Bonchev–Trinajstić information content (AvgIpc) is 2.72. The number of methoxy groups -OCH3 is 1. The summed E-state index contributed by atoms with van der Waals surface area (Å²) in [7, 11) is 1.60. The van der Waals surface area contributed by atoms with Gasteiger partial charge in [-0.15, -0.1) is 24.0 Å². The van der Waals surface area contributed by atoms with Gasteiger partial charge >= 0.3 is 6.09 Å². The summed E-state index contributed by atoms with van der Waals surface area (Å²) in [5.41, 5.74) is 2.25. The monoisotopic (exact) mass is 555 g/mol. The molecule has 0 aliphatic heterocycles. The van der Waals surface area contributed by atoms with Crippen LogP contribution in [0.15, 0.2) is 47.6 Å². The summed E-state index contributed by atoms with van der Waals surface area (Å²) in [6.45, 7) is 9.48. The average molecular weight is 555 g/mol. The van der Waals surface area contributed by atoms with E-state index >= 15 is 0 Å². The molecule has 0 aliphatic carbocycles. The van der Waals surface area contributed by atoms with Crippen molar-refractivity contribution in [3.8, 4) is 5.88 Å². The number of hydrogen-bond acceptors (Lipinski definition) is 5. The number of rotatable bonds is 8. The Labute approximate surface area is 207 Å². The number of hydrogen-bond donors (Lipinski definition) is 3. The van der Waals surface area contributed by atoms with Gasteiger partial charge in [0.05, 0.1) is 13.7 Å². The van der Waals surface area contributed by atoms with E-state index in [1.54, 1.807) is 13.3 Å². The molecule has 1 aromatic carbocycles. The van der Waals surface area contributed by atoms with E-state index in [1.165, 1.54) is 0 Å². The molecule has 32 heavy (non-hydrogen) atoms.